The van der Waals surface area contributed by atoms with Gasteiger partial charge in [-0.25, -0.2) is 5.43 Å². The number of hydrazone groups is 1. The highest BCUT2D eigenvalue weighted by molar-refractivity contribution is 7.99. The lowest BCUT2D eigenvalue weighted by atomic mass is 10.1. The Hall–Kier alpha value is -3.82. The van der Waals surface area contributed by atoms with Gasteiger partial charge in [-0.15, -0.1) is 10.2 Å². The summed E-state index contributed by atoms with van der Waals surface area (Å²) in [7, 11) is 1.46. The Morgan fingerprint density at radius 2 is 1.89 bits per heavy atom. The number of phenols is 1. The number of carbonyl (C=O) groups is 1. The molecule has 1 amide bonds. The Morgan fingerprint density at radius 3 is 2.60 bits per heavy atom. The van der Waals surface area contributed by atoms with Gasteiger partial charge in [-0.05, 0) is 55.0 Å². The van der Waals surface area contributed by atoms with Crippen molar-refractivity contribution in [1.82, 2.24) is 20.2 Å². The van der Waals surface area contributed by atoms with Crippen molar-refractivity contribution in [1.29, 1.82) is 0 Å². The van der Waals surface area contributed by atoms with Crippen molar-refractivity contribution in [3.05, 3.63) is 82.9 Å². The summed E-state index contributed by atoms with van der Waals surface area (Å²) in [6.07, 6.45) is 1.47. The first-order valence-electron chi connectivity index (χ1n) is 10.5. The number of aryl methyl sites for hydroxylation is 1. The number of benzene rings is 3. The fourth-order valence-electron chi connectivity index (χ4n) is 3.19. The summed E-state index contributed by atoms with van der Waals surface area (Å²) in [5.41, 5.74) is 6.04. The lowest BCUT2D eigenvalue weighted by Gasteiger charge is -2.10. The van der Waals surface area contributed by atoms with Crippen molar-refractivity contribution in [2.45, 2.75) is 12.1 Å². The molecule has 0 atom stereocenters. The summed E-state index contributed by atoms with van der Waals surface area (Å²) in [4.78, 5) is 12.4. The first-order chi connectivity index (χ1) is 16.9. The Morgan fingerprint density at radius 1 is 1.14 bits per heavy atom. The number of nitrogens with one attached hydrogen (secondary N) is 1. The minimum absolute atomic E-state index is 0.0277. The molecule has 178 valence electrons. The van der Waals surface area contributed by atoms with Gasteiger partial charge in [0.05, 0.1) is 19.1 Å². The number of thioether (sulfide) groups is 1. The largest absolute Gasteiger partial charge is 0.504 e. The van der Waals surface area contributed by atoms with E-state index in [-0.39, 0.29) is 17.4 Å². The summed E-state index contributed by atoms with van der Waals surface area (Å²) in [6, 6.07) is 20.1. The third kappa shape index (κ3) is 6.00. The first-order valence-corrected chi connectivity index (χ1v) is 11.9. The van der Waals surface area contributed by atoms with Crippen LogP contribution in [0.4, 0.5) is 0 Å². The molecule has 0 aliphatic carbocycles. The number of hydrogen-bond donors (Lipinski definition) is 2. The summed E-state index contributed by atoms with van der Waals surface area (Å²) in [5, 5.41) is 23.5. The predicted molar refractivity (Wildman–Crippen MR) is 138 cm³/mol. The van der Waals surface area contributed by atoms with Gasteiger partial charge in [0.1, 0.15) is 0 Å². The van der Waals surface area contributed by atoms with Crippen LogP contribution in [0.5, 0.6) is 11.5 Å². The normalized spacial score (nSPS) is 11.1. The maximum atomic E-state index is 12.4. The molecule has 0 fully saturated rings. The van der Waals surface area contributed by atoms with E-state index in [4.69, 9.17) is 16.3 Å². The van der Waals surface area contributed by atoms with Crippen molar-refractivity contribution in [3.63, 3.8) is 0 Å². The van der Waals surface area contributed by atoms with Gasteiger partial charge in [0.2, 0.25) is 0 Å². The number of halogens is 1. The molecule has 0 unspecified atom stereocenters. The van der Waals surface area contributed by atoms with E-state index in [0.717, 1.165) is 16.8 Å². The van der Waals surface area contributed by atoms with E-state index in [1.807, 2.05) is 47.9 Å². The molecular formula is C25H22ClN5O3S. The average molecular weight is 508 g/mol. The van der Waals surface area contributed by atoms with Gasteiger partial charge in [0.15, 0.2) is 22.5 Å². The fourth-order valence-corrected chi connectivity index (χ4v) is 4.06. The topological polar surface area (TPSA) is 102 Å². The summed E-state index contributed by atoms with van der Waals surface area (Å²) in [5.74, 6) is 0.784. The summed E-state index contributed by atoms with van der Waals surface area (Å²) >= 11 is 7.32. The van der Waals surface area contributed by atoms with Crippen LogP contribution in [0.25, 0.3) is 17.1 Å². The molecule has 1 aromatic heterocycles. The van der Waals surface area contributed by atoms with Crippen molar-refractivity contribution in [2.75, 3.05) is 12.9 Å². The average Bonchev–Trinajstić information content (AvgIpc) is 3.28. The van der Waals surface area contributed by atoms with E-state index in [0.29, 0.717) is 27.3 Å². The molecule has 4 aromatic rings. The number of nitrogens with zero attached hydrogens (tertiary/aromatic N) is 4. The Balaban J connectivity index is 1.49. The van der Waals surface area contributed by atoms with Gasteiger partial charge in [-0.2, -0.15) is 5.10 Å². The number of carbonyl (C=O) groups excluding carboxylic acids is 1. The molecule has 35 heavy (non-hydrogen) atoms. The van der Waals surface area contributed by atoms with Crippen molar-refractivity contribution in [3.8, 4) is 28.6 Å². The quantitative estimate of drug-likeness (QED) is 0.201. The predicted octanol–water partition coefficient (Wildman–Crippen LogP) is 4.85. The van der Waals surface area contributed by atoms with Gasteiger partial charge < -0.3 is 9.84 Å². The van der Waals surface area contributed by atoms with Gasteiger partial charge >= 0.3 is 0 Å². The highest BCUT2D eigenvalue weighted by Crippen LogP contribution is 2.29. The van der Waals surface area contributed by atoms with Crippen LogP contribution in [0.2, 0.25) is 5.02 Å². The van der Waals surface area contributed by atoms with Crippen molar-refractivity contribution < 1.29 is 14.6 Å². The molecular weight excluding hydrogens is 486 g/mol. The molecule has 0 saturated carbocycles. The number of rotatable bonds is 8. The monoisotopic (exact) mass is 507 g/mol. The number of aromatic hydroxyl groups is 1. The highest BCUT2D eigenvalue weighted by atomic mass is 35.5. The molecule has 0 aliphatic rings. The van der Waals surface area contributed by atoms with E-state index >= 15 is 0 Å². The number of aromatic nitrogens is 3. The van der Waals surface area contributed by atoms with Crippen LogP contribution in [-0.2, 0) is 4.79 Å². The summed E-state index contributed by atoms with van der Waals surface area (Å²) < 4.78 is 6.96. The van der Waals surface area contributed by atoms with Gasteiger partial charge in [-0.3, -0.25) is 9.36 Å². The minimum atomic E-state index is -0.306. The van der Waals surface area contributed by atoms with E-state index in [9.17, 15) is 9.90 Å². The molecule has 0 saturated heterocycles. The number of phenolic OH excluding ortho intramolecular Hbond substituents is 1. The van der Waals surface area contributed by atoms with Crippen molar-refractivity contribution in [2.24, 2.45) is 5.10 Å². The zero-order valence-electron chi connectivity index (χ0n) is 19.0. The number of hydrogen-bond acceptors (Lipinski definition) is 7. The third-order valence-electron chi connectivity index (χ3n) is 4.97. The minimum Gasteiger partial charge on any atom is -0.504 e. The van der Waals surface area contributed by atoms with Crippen LogP contribution < -0.4 is 10.2 Å². The second kappa shape index (κ2) is 11.1. The lowest BCUT2D eigenvalue weighted by molar-refractivity contribution is -0.118. The Kier molecular flexibility index (Phi) is 7.69. The van der Waals surface area contributed by atoms with E-state index in [2.05, 4.69) is 20.7 Å². The molecule has 10 heteroatoms. The molecule has 0 bridgehead atoms. The maximum Gasteiger partial charge on any atom is 0.250 e. The molecule has 8 nitrogen and oxygen atoms in total. The molecule has 0 radical (unpaired) electrons. The van der Waals surface area contributed by atoms with Gasteiger partial charge in [-0.1, -0.05) is 53.2 Å². The zero-order valence-corrected chi connectivity index (χ0v) is 20.5. The molecule has 0 aliphatic heterocycles. The lowest BCUT2D eigenvalue weighted by Crippen LogP contribution is -2.20. The summed E-state index contributed by atoms with van der Waals surface area (Å²) in [6.45, 7) is 2.02. The van der Waals surface area contributed by atoms with Crippen LogP contribution in [0.3, 0.4) is 0 Å². The maximum absolute atomic E-state index is 12.4. The Bertz CT molecular complexity index is 1350. The number of ether oxygens (including phenoxy) is 1. The van der Waals surface area contributed by atoms with E-state index in [1.165, 1.54) is 31.2 Å². The molecule has 3 aromatic carbocycles. The van der Waals surface area contributed by atoms with Crippen molar-refractivity contribution >= 4 is 35.5 Å². The van der Waals surface area contributed by atoms with Crippen LogP contribution in [-0.4, -0.2) is 44.9 Å². The Labute approximate surface area is 211 Å². The second-order valence-corrected chi connectivity index (χ2v) is 8.88. The van der Waals surface area contributed by atoms with Crippen LogP contribution in [0, 0.1) is 6.92 Å². The standard InChI is InChI=1S/C25H22ClN5O3S/c1-16-3-6-18(7-4-16)24-29-30-25(31(24)20-10-8-19(26)9-11-20)35-15-23(33)28-27-14-17-5-12-21(32)22(13-17)34-2/h3-14,32H,15H2,1-2H3,(H,28,33)/b27-14+. The third-order valence-corrected chi connectivity index (χ3v) is 6.15. The van der Waals surface area contributed by atoms with Crippen LogP contribution in [0.1, 0.15) is 11.1 Å². The smallest absolute Gasteiger partial charge is 0.250 e. The SMILES string of the molecule is COc1cc(/C=N/NC(=O)CSc2nnc(-c3ccc(C)cc3)n2-c2ccc(Cl)cc2)ccc1O. The molecule has 0 spiro atoms. The van der Waals surface area contributed by atoms with E-state index < -0.39 is 0 Å². The fraction of sp³-hybridized carbons (Fsp3) is 0.120. The number of amides is 1. The van der Waals surface area contributed by atoms with Crippen LogP contribution >= 0.6 is 23.4 Å². The highest BCUT2D eigenvalue weighted by Gasteiger charge is 2.17. The molecule has 1 heterocycles. The number of methoxy groups -OCH3 is 1. The molecule has 4 rings (SSSR count). The second-order valence-electron chi connectivity index (χ2n) is 7.50. The molecule has 2 N–H and O–H groups in total. The van der Waals surface area contributed by atoms with Gasteiger partial charge in [0, 0.05) is 16.3 Å². The van der Waals surface area contributed by atoms with Crippen LogP contribution in [0.15, 0.2) is 77.0 Å². The first kappa shape index (κ1) is 24.3. The zero-order chi connectivity index (χ0) is 24.8. The van der Waals surface area contributed by atoms with Gasteiger partial charge in [0.25, 0.3) is 5.91 Å². The van der Waals surface area contributed by atoms with E-state index in [1.54, 1.807) is 24.3 Å².